The number of nitrogens with zero attached hydrogens (tertiary/aromatic N) is 24. The molecule has 1 aromatic carbocycles. The van der Waals surface area contributed by atoms with Crippen LogP contribution >= 0.6 is 11.3 Å². The zero-order valence-electron chi connectivity index (χ0n) is 45.4. The van der Waals surface area contributed by atoms with Gasteiger partial charge in [0.1, 0.15) is 6.20 Å². The van der Waals surface area contributed by atoms with Gasteiger partial charge in [-0.3, -0.25) is 9.36 Å². The van der Waals surface area contributed by atoms with Crippen molar-refractivity contribution in [2.24, 2.45) is 0 Å². The lowest BCUT2D eigenvalue weighted by molar-refractivity contribution is 0.181. The van der Waals surface area contributed by atoms with Crippen LogP contribution in [0.1, 0.15) is 35.3 Å². The molecule has 27 nitrogen and oxygen atoms in total. The number of fused-ring (bicyclic) bond motifs is 6. The van der Waals surface area contributed by atoms with Crippen LogP contribution in [0.2, 0.25) is 0 Å². The minimum atomic E-state index is -0.0573. The molecule has 0 radical (unpaired) electrons. The van der Waals surface area contributed by atoms with Crippen LogP contribution in [-0.4, -0.2) is 144 Å². The van der Waals surface area contributed by atoms with Gasteiger partial charge in [0.2, 0.25) is 16.9 Å². The minimum absolute atomic E-state index is 0.0281. The molecule has 0 saturated carbocycles. The molecule has 85 heavy (non-hydrogen) atoms. The number of aliphatic hydroxyl groups is 2. The molecule has 0 aliphatic carbocycles. The molecule has 15 aromatic rings. The average Bonchev–Trinajstić information content (AvgIpc) is 4.33. The van der Waals surface area contributed by atoms with Gasteiger partial charge in [0, 0.05) is 71.5 Å². The molecule has 0 spiro atoms. The van der Waals surface area contributed by atoms with Gasteiger partial charge in [0.05, 0.1) is 116 Å². The molecule has 420 valence electrons. The Morgan fingerprint density at radius 1 is 0.612 bits per heavy atom. The number of aromatic nitrogens is 23. The largest absolute Gasteiger partial charge is 0.394 e. The highest BCUT2D eigenvalue weighted by atomic mass is 32.1. The van der Waals surface area contributed by atoms with E-state index in [0.717, 1.165) is 60.3 Å². The molecule has 0 amide bonds. The molecule has 0 aliphatic rings. The quantitative estimate of drug-likeness (QED) is 0.0981. The normalized spacial score (nSPS) is 11.8. The molecule has 0 saturated heterocycles. The van der Waals surface area contributed by atoms with Crippen molar-refractivity contribution in [1.82, 2.24) is 113 Å². The van der Waals surface area contributed by atoms with Crippen molar-refractivity contribution in [3.63, 3.8) is 0 Å². The maximum absolute atomic E-state index is 9.07. The van der Waals surface area contributed by atoms with Gasteiger partial charge < -0.3 is 28.6 Å². The number of thiazole rings is 1. The van der Waals surface area contributed by atoms with Crippen LogP contribution in [0.3, 0.4) is 0 Å². The predicted octanol–water partition coefficient (Wildman–Crippen LogP) is 6.96. The lowest BCUT2D eigenvalue weighted by Gasteiger charge is -2.12. The summed E-state index contributed by atoms with van der Waals surface area (Å²) in [6, 6.07) is 26.1. The molecular weight excluding hydrogens is 1100 g/mol. The third-order valence-corrected chi connectivity index (χ3v) is 14.7. The van der Waals surface area contributed by atoms with Crippen molar-refractivity contribution < 1.29 is 14.9 Å². The van der Waals surface area contributed by atoms with Crippen LogP contribution in [-0.2, 0) is 37.5 Å². The third kappa shape index (κ3) is 11.1. The summed E-state index contributed by atoms with van der Waals surface area (Å²) in [4.78, 5) is 39.0. The van der Waals surface area contributed by atoms with Crippen molar-refractivity contribution in [2.75, 3.05) is 20.3 Å². The van der Waals surface area contributed by atoms with E-state index in [2.05, 4.69) is 146 Å². The summed E-state index contributed by atoms with van der Waals surface area (Å²) in [7, 11) is 1.69. The summed E-state index contributed by atoms with van der Waals surface area (Å²) in [5, 5.41) is 51.7. The second kappa shape index (κ2) is 23.5. The average molecular weight is 1150 g/mol. The van der Waals surface area contributed by atoms with Gasteiger partial charge in [-0.1, -0.05) is 40.4 Å². The fourth-order valence-electron chi connectivity index (χ4n) is 9.53. The predicted molar refractivity (Wildman–Crippen MR) is 313 cm³/mol. The Morgan fingerprint density at radius 3 is 1.94 bits per heavy atom. The summed E-state index contributed by atoms with van der Waals surface area (Å²) in [5.74, 6) is 0.347. The lowest BCUT2D eigenvalue weighted by atomic mass is 10.1. The fourth-order valence-corrected chi connectivity index (χ4v) is 10.3. The van der Waals surface area contributed by atoms with Crippen molar-refractivity contribution >= 4 is 72.3 Å². The molecule has 1 unspecified atom stereocenters. The maximum Gasteiger partial charge on any atom is 0.269 e. The molecule has 14 aromatic heterocycles. The molecular formula is C57H48N24O3S. The number of rotatable bonds is 15. The van der Waals surface area contributed by atoms with Crippen molar-refractivity contribution in [3.8, 4) is 33.8 Å². The van der Waals surface area contributed by atoms with Gasteiger partial charge >= 0.3 is 0 Å². The monoisotopic (exact) mass is 1150 g/mol. The lowest BCUT2D eigenvalue weighted by Crippen LogP contribution is -2.09. The standard InChI is InChI=1S/C20H20N8O2.C19H12N8.C18H16N8OS/c1-30-13-17-5-4-16-3-2-14(10-27(16)17)11-28-20-19(24-25-28)21-9-18(23-20)15-8-22-26(12-15)6-7-29;1-20-17-5-4-14(10-21-17)16-11-22-18-19(23-16)27(25-24-18)12-13-6-8-26-7-2-3-15(26)9-13;1-11(12-2-3-14-16(6-12)28-10-20-14)26-18-17(23-24-26)19-8-15(22-18)13-7-21-25(9-13)4-5-27/h2-5,8-10,12,29H,6-7,11,13H2,1H3;2-11H,12H2;2-3,6-11,27H,4-5H2,1H3. The Kier molecular flexibility index (Phi) is 14.7. The second-order valence-corrected chi connectivity index (χ2v) is 20.3. The SMILES string of the molecule is CC(c1ccc2ncsc2c1)n1nnc2ncc(-c3cnn(CCO)c3)nc21.COCc1ccc2ccc(Cn3nnc4ncc(-c5cnn(CCO)c5)nc43)cn12.[C-]#[N+]c1ccc(-c2cnc3nnn(Cc4ccn5cccc5c4)c3n2)cn1. The number of ether oxygens (including phenoxy) is 1. The first-order chi connectivity index (χ1) is 41.8. The van der Waals surface area contributed by atoms with E-state index < -0.39 is 0 Å². The van der Waals surface area contributed by atoms with Gasteiger partial charge in [-0.05, 0) is 84.3 Å². The van der Waals surface area contributed by atoms with E-state index in [-0.39, 0.29) is 19.3 Å². The van der Waals surface area contributed by atoms with Crippen molar-refractivity contribution in [3.05, 3.63) is 186 Å². The van der Waals surface area contributed by atoms with Gasteiger partial charge in [-0.2, -0.15) is 10.2 Å². The summed E-state index contributed by atoms with van der Waals surface area (Å²) in [6.07, 6.45) is 19.8. The summed E-state index contributed by atoms with van der Waals surface area (Å²) in [5.41, 5.74) is 17.2. The number of benzene rings is 1. The second-order valence-electron chi connectivity index (χ2n) is 19.4. The van der Waals surface area contributed by atoms with Crippen molar-refractivity contribution in [2.45, 2.75) is 45.8 Å². The number of aliphatic hydroxyl groups excluding tert-OH is 2. The zero-order valence-corrected chi connectivity index (χ0v) is 46.2. The number of hydrogen-bond donors (Lipinski definition) is 2. The molecule has 28 heteroatoms. The van der Waals surface area contributed by atoms with E-state index in [4.69, 9.17) is 31.5 Å². The van der Waals surface area contributed by atoms with E-state index in [1.165, 1.54) is 0 Å². The number of pyridine rings is 3. The first-order valence-electron chi connectivity index (χ1n) is 26.6. The Balaban J connectivity index is 0.000000119. The third-order valence-electron chi connectivity index (χ3n) is 13.9. The highest BCUT2D eigenvalue weighted by Crippen LogP contribution is 2.28. The Bertz CT molecular complexity index is 4870. The first kappa shape index (κ1) is 53.3. The van der Waals surface area contributed by atoms with E-state index in [0.29, 0.717) is 89.6 Å². The molecule has 14 heterocycles. The molecule has 15 rings (SSSR count). The molecule has 0 aliphatic heterocycles. The number of methoxy groups -OCH3 is 1. The molecule has 2 N–H and O–H groups in total. The number of hydrogen-bond acceptors (Lipinski definition) is 20. The van der Waals surface area contributed by atoms with Gasteiger partial charge in [0.15, 0.2) is 16.9 Å². The van der Waals surface area contributed by atoms with Crippen LogP contribution in [0.15, 0.2) is 153 Å². The zero-order chi connectivity index (χ0) is 57.8. The van der Waals surface area contributed by atoms with Gasteiger partial charge in [0.25, 0.3) is 5.82 Å². The fraction of sp³-hybridized carbons (Fsp3) is 0.175. The summed E-state index contributed by atoms with van der Waals surface area (Å²) < 4.78 is 19.2. The Labute approximate surface area is 484 Å². The van der Waals surface area contributed by atoms with E-state index in [1.54, 1.807) is 85.1 Å². The molecule has 1 atom stereocenters. The molecule has 0 fully saturated rings. The summed E-state index contributed by atoms with van der Waals surface area (Å²) >= 11 is 1.61. The van der Waals surface area contributed by atoms with Crippen LogP contribution in [0.4, 0.5) is 5.82 Å². The summed E-state index contributed by atoms with van der Waals surface area (Å²) in [6.45, 7) is 11.6. The van der Waals surface area contributed by atoms with Crippen LogP contribution < -0.4 is 0 Å². The Hall–Kier alpha value is -11.0. The van der Waals surface area contributed by atoms with Crippen LogP contribution in [0, 0.1) is 6.57 Å². The first-order valence-corrected chi connectivity index (χ1v) is 27.4. The van der Waals surface area contributed by atoms with Crippen LogP contribution in [0.25, 0.3) is 93.8 Å². The van der Waals surface area contributed by atoms with E-state index in [1.807, 2.05) is 54.6 Å². The van der Waals surface area contributed by atoms with Gasteiger partial charge in [-0.15, -0.1) is 31.6 Å². The highest BCUT2D eigenvalue weighted by molar-refractivity contribution is 7.16. The van der Waals surface area contributed by atoms with Gasteiger partial charge in [-0.25, -0.2) is 48.9 Å². The minimum Gasteiger partial charge on any atom is -0.394 e. The topological polar surface area (TPSA) is 294 Å². The van der Waals surface area contributed by atoms with Crippen LogP contribution in [0.5, 0.6) is 0 Å². The van der Waals surface area contributed by atoms with Crippen molar-refractivity contribution in [1.29, 1.82) is 0 Å². The Morgan fingerprint density at radius 2 is 1.27 bits per heavy atom. The highest BCUT2D eigenvalue weighted by Gasteiger charge is 2.19. The smallest absolute Gasteiger partial charge is 0.269 e. The van der Waals surface area contributed by atoms with E-state index >= 15 is 0 Å². The van der Waals surface area contributed by atoms with E-state index in [9.17, 15) is 0 Å². The maximum atomic E-state index is 9.07. The molecule has 0 bridgehead atoms.